The number of nitrogens with two attached hydrogens (primary N) is 1. The summed E-state index contributed by atoms with van der Waals surface area (Å²) in [5.41, 5.74) is 5.60. The van der Waals surface area contributed by atoms with E-state index in [4.69, 9.17) is 10.8 Å². The Morgan fingerprint density at radius 1 is 1.53 bits per heavy atom. The largest absolute Gasteiger partial charge is 0.481 e. The van der Waals surface area contributed by atoms with Gasteiger partial charge in [-0.25, -0.2) is 0 Å². The SMILES string of the molecule is CCCC(CN)C(=O)N1CCC[C@H](C(=O)O)C1. The molecule has 17 heavy (non-hydrogen) atoms. The van der Waals surface area contributed by atoms with Crippen LogP contribution < -0.4 is 5.73 Å². The minimum Gasteiger partial charge on any atom is -0.481 e. The highest BCUT2D eigenvalue weighted by molar-refractivity contribution is 5.80. The number of piperidine rings is 1. The van der Waals surface area contributed by atoms with Gasteiger partial charge < -0.3 is 15.7 Å². The zero-order chi connectivity index (χ0) is 12.8. The van der Waals surface area contributed by atoms with E-state index in [0.29, 0.717) is 26.1 Å². The summed E-state index contributed by atoms with van der Waals surface area (Å²) in [6, 6.07) is 0. The maximum absolute atomic E-state index is 12.1. The first-order chi connectivity index (χ1) is 8.10. The summed E-state index contributed by atoms with van der Waals surface area (Å²) in [6.07, 6.45) is 3.14. The highest BCUT2D eigenvalue weighted by Gasteiger charge is 2.30. The van der Waals surface area contributed by atoms with Gasteiger partial charge in [0.25, 0.3) is 0 Å². The van der Waals surface area contributed by atoms with Crippen molar-refractivity contribution in [3.8, 4) is 0 Å². The third kappa shape index (κ3) is 3.70. The fourth-order valence-electron chi connectivity index (χ4n) is 2.33. The topological polar surface area (TPSA) is 83.6 Å². The van der Waals surface area contributed by atoms with Crippen LogP contribution in [-0.4, -0.2) is 41.5 Å². The summed E-state index contributed by atoms with van der Waals surface area (Å²) in [7, 11) is 0. The maximum atomic E-state index is 12.1. The molecule has 0 saturated carbocycles. The van der Waals surface area contributed by atoms with E-state index in [-0.39, 0.29) is 11.8 Å². The van der Waals surface area contributed by atoms with Crippen LogP contribution in [0.3, 0.4) is 0 Å². The first-order valence-corrected chi connectivity index (χ1v) is 6.31. The van der Waals surface area contributed by atoms with Crippen LogP contribution in [0, 0.1) is 11.8 Å². The Hall–Kier alpha value is -1.10. The highest BCUT2D eigenvalue weighted by Crippen LogP contribution is 2.19. The first kappa shape index (κ1) is 14.0. The maximum Gasteiger partial charge on any atom is 0.308 e. The molecule has 0 aromatic heterocycles. The van der Waals surface area contributed by atoms with Crippen molar-refractivity contribution in [1.82, 2.24) is 4.90 Å². The average Bonchev–Trinajstić information content (AvgIpc) is 2.35. The van der Waals surface area contributed by atoms with Crippen LogP contribution in [-0.2, 0) is 9.59 Å². The van der Waals surface area contributed by atoms with Gasteiger partial charge in [-0.1, -0.05) is 13.3 Å². The van der Waals surface area contributed by atoms with Gasteiger partial charge in [-0.15, -0.1) is 0 Å². The molecule has 0 aromatic rings. The van der Waals surface area contributed by atoms with Crippen molar-refractivity contribution >= 4 is 11.9 Å². The summed E-state index contributed by atoms with van der Waals surface area (Å²) in [5.74, 6) is -1.33. The molecule has 1 rings (SSSR count). The van der Waals surface area contributed by atoms with Gasteiger partial charge in [0.15, 0.2) is 0 Å². The number of carbonyl (C=O) groups is 2. The molecular weight excluding hydrogens is 220 g/mol. The summed E-state index contributed by atoms with van der Waals surface area (Å²) in [6.45, 7) is 3.38. The molecule has 1 heterocycles. The summed E-state index contributed by atoms with van der Waals surface area (Å²) >= 11 is 0. The standard InChI is InChI=1S/C12H22N2O3/c1-2-4-9(7-13)11(15)14-6-3-5-10(8-14)12(16)17/h9-10H,2-8,13H2,1H3,(H,16,17)/t9?,10-/m0/s1. The van der Waals surface area contributed by atoms with E-state index in [0.717, 1.165) is 19.3 Å². The predicted octanol–water partition coefficient (Wildman–Crippen LogP) is 0.685. The zero-order valence-electron chi connectivity index (χ0n) is 10.4. The second-order valence-electron chi connectivity index (χ2n) is 4.68. The first-order valence-electron chi connectivity index (χ1n) is 6.31. The molecule has 98 valence electrons. The van der Waals surface area contributed by atoms with Crippen LogP contribution in [0.15, 0.2) is 0 Å². The van der Waals surface area contributed by atoms with Crippen LogP contribution in [0.4, 0.5) is 0 Å². The third-order valence-electron chi connectivity index (χ3n) is 3.35. The Morgan fingerprint density at radius 3 is 2.76 bits per heavy atom. The fourth-order valence-corrected chi connectivity index (χ4v) is 2.33. The molecule has 1 aliphatic rings. The minimum atomic E-state index is -0.803. The monoisotopic (exact) mass is 242 g/mol. The summed E-state index contributed by atoms with van der Waals surface area (Å²) in [4.78, 5) is 24.7. The Kier molecular flexibility index (Phi) is 5.41. The number of rotatable bonds is 5. The van der Waals surface area contributed by atoms with Gasteiger partial charge >= 0.3 is 5.97 Å². The lowest BCUT2D eigenvalue weighted by Gasteiger charge is -2.33. The molecule has 1 fully saturated rings. The second kappa shape index (κ2) is 6.59. The van der Waals surface area contributed by atoms with Crippen molar-refractivity contribution in [3.63, 3.8) is 0 Å². The fraction of sp³-hybridized carbons (Fsp3) is 0.833. The van der Waals surface area contributed by atoms with E-state index in [1.54, 1.807) is 4.90 Å². The molecule has 0 radical (unpaired) electrons. The number of hydrogen-bond acceptors (Lipinski definition) is 3. The molecule has 5 heteroatoms. The van der Waals surface area contributed by atoms with Gasteiger partial charge in [0.1, 0.15) is 0 Å². The Labute approximate surface area is 102 Å². The second-order valence-corrected chi connectivity index (χ2v) is 4.68. The Balaban J connectivity index is 2.58. The molecule has 1 unspecified atom stereocenters. The van der Waals surface area contributed by atoms with Gasteiger partial charge in [0, 0.05) is 19.6 Å². The van der Waals surface area contributed by atoms with Crippen molar-refractivity contribution < 1.29 is 14.7 Å². The van der Waals surface area contributed by atoms with E-state index in [1.165, 1.54) is 0 Å². The van der Waals surface area contributed by atoms with E-state index in [9.17, 15) is 9.59 Å². The van der Waals surface area contributed by atoms with Crippen molar-refractivity contribution in [2.24, 2.45) is 17.6 Å². The minimum absolute atomic E-state index is 0.0281. The van der Waals surface area contributed by atoms with Gasteiger partial charge in [0.2, 0.25) is 5.91 Å². The average molecular weight is 242 g/mol. The molecule has 0 spiro atoms. The molecular formula is C12H22N2O3. The number of carboxylic acid groups (broad SMARTS) is 1. The van der Waals surface area contributed by atoms with Crippen LogP contribution in [0.25, 0.3) is 0 Å². The molecule has 3 N–H and O–H groups in total. The molecule has 2 atom stereocenters. The lowest BCUT2D eigenvalue weighted by molar-refractivity contribution is -0.146. The number of aliphatic carboxylic acids is 1. The third-order valence-corrected chi connectivity index (χ3v) is 3.35. The van der Waals surface area contributed by atoms with Crippen LogP contribution in [0.5, 0.6) is 0 Å². The van der Waals surface area contributed by atoms with Gasteiger partial charge in [-0.3, -0.25) is 9.59 Å². The van der Waals surface area contributed by atoms with Crippen LogP contribution >= 0.6 is 0 Å². The summed E-state index contributed by atoms with van der Waals surface area (Å²) < 4.78 is 0. The van der Waals surface area contributed by atoms with Crippen LogP contribution in [0.1, 0.15) is 32.6 Å². The molecule has 1 amide bonds. The number of likely N-dealkylation sites (tertiary alicyclic amines) is 1. The van der Waals surface area contributed by atoms with Crippen molar-refractivity contribution in [1.29, 1.82) is 0 Å². The van der Waals surface area contributed by atoms with E-state index in [1.807, 2.05) is 6.92 Å². The highest BCUT2D eigenvalue weighted by atomic mass is 16.4. The summed E-state index contributed by atoms with van der Waals surface area (Å²) in [5, 5.41) is 8.97. The number of carbonyl (C=O) groups excluding carboxylic acids is 1. The number of carboxylic acids is 1. The number of nitrogens with zero attached hydrogens (tertiary/aromatic N) is 1. The molecule has 5 nitrogen and oxygen atoms in total. The van der Waals surface area contributed by atoms with Gasteiger partial charge in [0.05, 0.1) is 11.8 Å². The van der Waals surface area contributed by atoms with E-state index < -0.39 is 11.9 Å². The lowest BCUT2D eigenvalue weighted by atomic mass is 9.95. The van der Waals surface area contributed by atoms with Gasteiger partial charge in [-0.05, 0) is 19.3 Å². The van der Waals surface area contributed by atoms with Crippen LogP contribution in [0.2, 0.25) is 0 Å². The number of amides is 1. The molecule has 1 aliphatic heterocycles. The van der Waals surface area contributed by atoms with Crippen molar-refractivity contribution in [2.45, 2.75) is 32.6 Å². The number of hydrogen-bond donors (Lipinski definition) is 2. The molecule has 0 aliphatic carbocycles. The predicted molar refractivity (Wildman–Crippen MR) is 64.4 cm³/mol. The molecule has 0 bridgehead atoms. The molecule has 1 saturated heterocycles. The smallest absolute Gasteiger partial charge is 0.308 e. The Morgan fingerprint density at radius 2 is 2.24 bits per heavy atom. The van der Waals surface area contributed by atoms with E-state index >= 15 is 0 Å². The Bertz CT molecular complexity index is 281. The van der Waals surface area contributed by atoms with Gasteiger partial charge in [-0.2, -0.15) is 0 Å². The quantitative estimate of drug-likeness (QED) is 0.742. The lowest BCUT2D eigenvalue weighted by Crippen LogP contribution is -2.46. The zero-order valence-corrected chi connectivity index (χ0v) is 10.4. The van der Waals surface area contributed by atoms with Crippen molar-refractivity contribution in [2.75, 3.05) is 19.6 Å². The normalized spacial score (nSPS) is 22.2. The molecule has 0 aromatic carbocycles. The van der Waals surface area contributed by atoms with Crippen molar-refractivity contribution in [3.05, 3.63) is 0 Å². The van der Waals surface area contributed by atoms with E-state index in [2.05, 4.69) is 0 Å².